The summed E-state index contributed by atoms with van der Waals surface area (Å²) in [6, 6.07) is 5.00. The summed E-state index contributed by atoms with van der Waals surface area (Å²) in [6.07, 6.45) is 3.08. The van der Waals surface area contributed by atoms with Crippen molar-refractivity contribution >= 4 is 11.6 Å². The summed E-state index contributed by atoms with van der Waals surface area (Å²) in [6.45, 7) is 6.24. The van der Waals surface area contributed by atoms with Gasteiger partial charge in [0.05, 0.1) is 0 Å². The zero-order valence-electron chi connectivity index (χ0n) is 10.3. The summed E-state index contributed by atoms with van der Waals surface area (Å²) < 4.78 is 12.9. The number of rotatable bonds is 5. The normalized spacial score (nSPS) is 13.1. The molecule has 1 rings (SSSR count). The van der Waals surface area contributed by atoms with E-state index in [2.05, 4.69) is 13.8 Å². The van der Waals surface area contributed by atoms with Gasteiger partial charge in [0.1, 0.15) is 5.82 Å². The number of alkyl halides is 1. The van der Waals surface area contributed by atoms with Gasteiger partial charge in [-0.3, -0.25) is 0 Å². The summed E-state index contributed by atoms with van der Waals surface area (Å²) in [5.41, 5.74) is 2.27. The molecule has 0 aliphatic heterocycles. The Morgan fingerprint density at radius 3 is 2.56 bits per heavy atom. The molecule has 0 heterocycles. The molecule has 2 heteroatoms. The van der Waals surface area contributed by atoms with Crippen LogP contribution in [0.5, 0.6) is 0 Å². The fourth-order valence-electron chi connectivity index (χ4n) is 1.76. The molecule has 0 radical (unpaired) electrons. The first-order valence-corrected chi connectivity index (χ1v) is 6.33. The quantitative estimate of drug-likeness (QED) is 0.656. The largest absolute Gasteiger partial charge is 0.207 e. The molecule has 0 spiro atoms. The Hall–Kier alpha value is -0.560. The van der Waals surface area contributed by atoms with E-state index in [0.717, 1.165) is 24.8 Å². The first-order chi connectivity index (χ1) is 7.50. The van der Waals surface area contributed by atoms with Crippen LogP contribution in [0.3, 0.4) is 0 Å². The smallest absolute Gasteiger partial charge is 0.123 e. The summed E-state index contributed by atoms with van der Waals surface area (Å²) in [7, 11) is 0. The minimum absolute atomic E-state index is 0.154. The van der Waals surface area contributed by atoms with Crippen molar-refractivity contribution in [3.8, 4) is 0 Å². The van der Waals surface area contributed by atoms with Crippen molar-refractivity contribution in [1.29, 1.82) is 0 Å². The fourth-order valence-corrected chi connectivity index (χ4v) is 1.91. The molecule has 0 bridgehead atoms. The molecule has 0 saturated carbocycles. The van der Waals surface area contributed by atoms with E-state index in [1.54, 1.807) is 6.07 Å². The molecule has 0 aliphatic rings. The minimum Gasteiger partial charge on any atom is -0.207 e. The van der Waals surface area contributed by atoms with E-state index in [1.165, 1.54) is 11.6 Å². The molecule has 1 aromatic carbocycles. The number of hydrogen-bond acceptors (Lipinski definition) is 0. The Morgan fingerprint density at radius 1 is 1.31 bits per heavy atom. The molecule has 1 aromatic rings. The van der Waals surface area contributed by atoms with E-state index in [0.29, 0.717) is 5.92 Å². The second kappa shape index (κ2) is 6.24. The van der Waals surface area contributed by atoms with Crippen molar-refractivity contribution < 1.29 is 4.39 Å². The zero-order chi connectivity index (χ0) is 12.1. The highest BCUT2D eigenvalue weighted by atomic mass is 35.5. The van der Waals surface area contributed by atoms with Crippen LogP contribution >= 0.6 is 11.6 Å². The average molecular weight is 243 g/mol. The van der Waals surface area contributed by atoms with Crippen LogP contribution in [0.1, 0.15) is 37.8 Å². The summed E-state index contributed by atoms with van der Waals surface area (Å²) >= 11 is 6.19. The molecule has 1 unspecified atom stereocenters. The Bertz CT molecular complexity index is 334. The van der Waals surface area contributed by atoms with E-state index >= 15 is 0 Å². The van der Waals surface area contributed by atoms with Crippen LogP contribution < -0.4 is 0 Å². The lowest BCUT2D eigenvalue weighted by atomic mass is 9.99. The van der Waals surface area contributed by atoms with Gasteiger partial charge < -0.3 is 0 Å². The standard InChI is InChI=1S/C14H20ClF/c1-10(2)14(15)6-4-5-12-7-8-13(16)9-11(12)3/h7-10,14H,4-6H2,1-3H3. The maximum atomic E-state index is 12.9. The van der Waals surface area contributed by atoms with Crippen molar-refractivity contribution in [2.75, 3.05) is 0 Å². The van der Waals surface area contributed by atoms with Gasteiger partial charge in [-0.25, -0.2) is 4.39 Å². The van der Waals surface area contributed by atoms with E-state index in [4.69, 9.17) is 11.6 Å². The Kier molecular flexibility index (Phi) is 5.27. The molecule has 90 valence electrons. The van der Waals surface area contributed by atoms with Crippen molar-refractivity contribution in [2.45, 2.75) is 45.4 Å². The van der Waals surface area contributed by atoms with Gasteiger partial charge in [0.15, 0.2) is 0 Å². The number of aryl methyl sites for hydroxylation is 2. The van der Waals surface area contributed by atoms with Gasteiger partial charge >= 0.3 is 0 Å². The first kappa shape index (κ1) is 13.5. The Balaban J connectivity index is 2.43. The predicted molar refractivity (Wildman–Crippen MR) is 68.6 cm³/mol. The highest BCUT2D eigenvalue weighted by Crippen LogP contribution is 2.18. The van der Waals surface area contributed by atoms with Crippen LogP contribution in [0.2, 0.25) is 0 Å². The van der Waals surface area contributed by atoms with E-state index in [1.807, 2.05) is 13.0 Å². The van der Waals surface area contributed by atoms with Gasteiger partial charge in [0.25, 0.3) is 0 Å². The predicted octanol–water partition coefficient (Wildman–Crippen LogP) is 4.72. The molecule has 1 atom stereocenters. The Morgan fingerprint density at radius 2 is 2.00 bits per heavy atom. The zero-order valence-corrected chi connectivity index (χ0v) is 11.0. The van der Waals surface area contributed by atoms with Gasteiger partial charge in [-0.1, -0.05) is 19.9 Å². The molecule has 0 N–H and O–H groups in total. The molecular formula is C14H20ClF. The third-order valence-corrected chi connectivity index (χ3v) is 3.68. The highest BCUT2D eigenvalue weighted by Gasteiger charge is 2.09. The SMILES string of the molecule is Cc1cc(F)ccc1CCCC(Cl)C(C)C. The lowest BCUT2D eigenvalue weighted by Crippen LogP contribution is -2.07. The van der Waals surface area contributed by atoms with Crippen LogP contribution in [0.15, 0.2) is 18.2 Å². The molecular weight excluding hydrogens is 223 g/mol. The fraction of sp³-hybridized carbons (Fsp3) is 0.571. The van der Waals surface area contributed by atoms with E-state index < -0.39 is 0 Å². The summed E-state index contributed by atoms with van der Waals surface area (Å²) in [5.74, 6) is 0.370. The Labute approximate surface area is 103 Å². The highest BCUT2D eigenvalue weighted by molar-refractivity contribution is 6.20. The summed E-state index contributed by atoms with van der Waals surface area (Å²) in [5, 5.41) is 0.251. The van der Waals surface area contributed by atoms with Crippen molar-refractivity contribution in [3.63, 3.8) is 0 Å². The first-order valence-electron chi connectivity index (χ1n) is 5.90. The molecule has 0 aliphatic carbocycles. The average Bonchev–Trinajstić information content (AvgIpc) is 2.20. The van der Waals surface area contributed by atoms with Gasteiger partial charge in [-0.05, 0) is 55.4 Å². The monoisotopic (exact) mass is 242 g/mol. The van der Waals surface area contributed by atoms with Crippen molar-refractivity contribution in [1.82, 2.24) is 0 Å². The number of hydrogen-bond donors (Lipinski definition) is 0. The second-order valence-corrected chi connectivity index (χ2v) is 5.28. The molecule has 0 aromatic heterocycles. The van der Waals surface area contributed by atoms with Gasteiger partial charge in [0, 0.05) is 5.38 Å². The lowest BCUT2D eigenvalue weighted by Gasteiger charge is -2.13. The number of benzene rings is 1. The minimum atomic E-state index is -0.154. The molecule has 0 amide bonds. The third-order valence-electron chi connectivity index (χ3n) is 2.95. The number of halogens is 2. The lowest BCUT2D eigenvalue weighted by molar-refractivity contribution is 0.546. The van der Waals surface area contributed by atoms with E-state index in [-0.39, 0.29) is 11.2 Å². The van der Waals surface area contributed by atoms with Crippen LogP contribution in [0.25, 0.3) is 0 Å². The van der Waals surface area contributed by atoms with Crippen LogP contribution in [-0.2, 0) is 6.42 Å². The van der Waals surface area contributed by atoms with E-state index in [9.17, 15) is 4.39 Å². The molecule has 0 nitrogen and oxygen atoms in total. The van der Waals surface area contributed by atoms with Gasteiger partial charge in [0.2, 0.25) is 0 Å². The van der Waals surface area contributed by atoms with Crippen molar-refractivity contribution in [2.24, 2.45) is 5.92 Å². The van der Waals surface area contributed by atoms with Crippen LogP contribution in [0.4, 0.5) is 4.39 Å². The molecule has 0 saturated heterocycles. The third kappa shape index (κ3) is 4.13. The second-order valence-electron chi connectivity index (χ2n) is 4.72. The van der Waals surface area contributed by atoms with Crippen LogP contribution in [0, 0.1) is 18.7 Å². The van der Waals surface area contributed by atoms with Gasteiger partial charge in [-0.15, -0.1) is 11.6 Å². The van der Waals surface area contributed by atoms with Crippen LogP contribution in [-0.4, -0.2) is 5.38 Å². The summed E-state index contributed by atoms with van der Waals surface area (Å²) in [4.78, 5) is 0. The molecule has 16 heavy (non-hydrogen) atoms. The topological polar surface area (TPSA) is 0 Å². The molecule has 0 fully saturated rings. The van der Waals surface area contributed by atoms with Gasteiger partial charge in [-0.2, -0.15) is 0 Å². The van der Waals surface area contributed by atoms with Crippen molar-refractivity contribution in [3.05, 3.63) is 35.1 Å². The maximum Gasteiger partial charge on any atom is 0.123 e. The maximum absolute atomic E-state index is 12.9.